The molecule has 0 saturated heterocycles. The first-order valence-electron chi connectivity index (χ1n) is 12.4. The molecule has 2 heteroatoms. The molecule has 8 unspecified atom stereocenters. The van der Waals surface area contributed by atoms with Crippen LogP contribution in [-0.2, 0) is 9.53 Å². The number of esters is 1. The molecule has 0 radical (unpaired) electrons. The van der Waals surface area contributed by atoms with Crippen molar-refractivity contribution in [3.05, 3.63) is 0 Å². The standard InChI is InChI=1S/C26H44O2/c1-17(16-18(2)24(27)28-5)21-11-12-22-20-10-9-19-8-6-7-14-25(19,3)23(20)13-15-26(21,22)4/h17-23H,6-16H2,1-5H3/t17-,18?,19?,20?,21?,22?,23?,25?,26?/m1/s1. The van der Waals surface area contributed by atoms with Crippen molar-refractivity contribution < 1.29 is 9.53 Å². The van der Waals surface area contributed by atoms with E-state index in [0.717, 1.165) is 36.0 Å². The number of rotatable bonds is 4. The SMILES string of the molecule is COC(=O)C(C)C[C@@H](C)C1CCC2C3CCC4CCCCC4(C)C3CCC21C. The van der Waals surface area contributed by atoms with E-state index in [-0.39, 0.29) is 11.9 Å². The van der Waals surface area contributed by atoms with Crippen LogP contribution < -0.4 is 0 Å². The molecule has 2 nitrogen and oxygen atoms in total. The van der Waals surface area contributed by atoms with Crippen molar-refractivity contribution in [3.63, 3.8) is 0 Å². The summed E-state index contributed by atoms with van der Waals surface area (Å²) in [7, 11) is 1.53. The Morgan fingerprint density at radius 3 is 2.43 bits per heavy atom. The van der Waals surface area contributed by atoms with Gasteiger partial charge in [-0.1, -0.05) is 40.5 Å². The molecular formula is C26H44O2. The first-order chi connectivity index (χ1) is 13.3. The highest BCUT2D eigenvalue weighted by Gasteiger charge is 2.60. The number of carbonyl (C=O) groups is 1. The largest absolute Gasteiger partial charge is 0.469 e. The fourth-order valence-corrected chi connectivity index (χ4v) is 9.29. The Morgan fingerprint density at radius 1 is 0.929 bits per heavy atom. The molecule has 0 aromatic carbocycles. The summed E-state index contributed by atoms with van der Waals surface area (Å²) in [6.07, 6.45) is 15.7. The normalized spacial score (nSPS) is 47.4. The molecule has 0 aromatic rings. The van der Waals surface area contributed by atoms with Gasteiger partial charge in [0.25, 0.3) is 0 Å². The van der Waals surface area contributed by atoms with Gasteiger partial charge in [0.2, 0.25) is 0 Å². The number of ether oxygens (including phenoxy) is 1. The summed E-state index contributed by atoms with van der Waals surface area (Å²) in [5.74, 6) is 5.36. The Hall–Kier alpha value is -0.530. The van der Waals surface area contributed by atoms with E-state index in [9.17, 15) is 4.79 Å². The van der Waals surface area contributed by atoms with Crippen molar-refractivity contribution in [1.29, 1.82) is 0 Å². The van der Waals surface area contributed by atoms with Crippen molar-refractivity contribution >= 4 is 5.97 Å². The Labute approximate surface area is 173 Å². The maximum atomic E-state index is 12.0. The van der Waals surface area contributed by atoms with Crippen molar-refractivity contribution in [1.82, 2.24) is 0 Å². The van der Waals surface area contributed by atoms with Gasteiger partial charge in [-0.3, -0.25) is 4.79 Å². The van der Waals surface area contributed by atoms with Crippen molar-refractivity contribution in [2.45, 2.75) is 98.3 Å². The molecule has 0 N–H and O–H groups in total. The zero-order valence-corrected chi connectivity index (χ0v) is 19.1. The molecule has 0 heterocycles. The number of methoxy groups -OCH3 is 1. The van der Waals surface area contributed by atoms with Gasteiger partial charge < -0.3 is 4.74 Å². The Bertz CT molecular complexity index is 585. The summed E-state index contributed by atoms with van der Waals surface area (Å²) in [5, 5.41) is 0. The van der Waals surface area contributed by atoms with Crippen LogP contribution in [-0.4, -0.2) is 13.1 Å². The fourth-order valence-electron chi connectivity index (χ4n) is 9.29. The Morgan fingerprint density at radius 2 is 1.68 bits per heavy atom. The molecule has 0 bridgehead atoms. The van der Waals surface area contributed by atoms with Crippen LogP contribution in [0.5, 0.6) is 0 Å². The summed E-state index contributed by atoms with van der Waals surface area (Å²) >= 11 is 0. The van der Waals surface area contributed by atoms with E-state index in [1.165, 1.54) is 71.3 Å². The van der Waals surface area contributed by atoms with Crippen molar-refractivity contribution in [3.8, 4) is 0 Å². The molecule has 0 aromatic heterocycles. The molecule has 0 aliphatic heterocycles. The van der Waals surface area contributed by atoms with Gasteiger partial charge >= 0.3 is 5.97 Å². The molecule has 4 saturated carbocycles. The van der Waals surface area contributed by atoms with Crippen LogP contribution in [0.4, 0.5) is 0 Å². The molecule has 160 valence electrons. The Balaban J connectivity index is 1.50. The van der Waals surface area contributed by atoms with E-state index < -0.39 is 0 Å². The summed E-state index contributed by atoms with van der Waals surface area (Å²) in [6.45, 7) is 9.80. The second-order valence-corrected chi connectivity index (χ2v) is 11.8. The predicted octanol–water partition coefficient (Wildman–Crippen LogP) is 6.87. The molecule has 4 fully saturated rings. The summed E-state index contributed by atoms with van der Waals surface area (Å²) < 4.78 is 5.00. The van der Waals surface area contributed by atoms with Crippen LogP contribution in [0, 0.1) is 52.3 Å². The molecule has 4 aliphatic carbocycles. The number of hydrogen-bond donors (Lipinski definition) is 0. The first kappa shape index (κ1) is 20.7. The third-order valence-electron chi connectivity index (χ3n) is 10.7. The van der Waals surface area contributed by atoms with Crippen LogP contribution in [0.15, 0.2) is 0 Å². The minimum absolute atomic E-state index is 0.0289. The van der Waals surface area contributed by atoms with E-state index in [2.05, 4.69) is 27.7 Å². The Kier molecular flexibility index (Phi) is 5.64. The summed E-state index contributed by atoms with van der Waals surface area (Å²) in [6, 6.07) is 0. The van der Waals surface area contributed by atoms with Gasteiger partial charge in [0.1, 0.15) is 0 Å². The van der Waals surface area contributed by atoms with Gasteiger partial charge in [-0.15, -0.1) is 0 Å². The average molecular weight is 389 g/mol. The topological polar surface area (TPSA) is 26.3 Å². The second-order valence-electron chi connectivity index (χ2n) is 11.8. The number of hydrogen-bond acceptors (Lipinski definition) is 2. The van der Waals surface area contributed by atoms with Crippen molar-refractivity contribution in [2.75, 3.05) is 7.11 Å². The highest BCUT2D eigenvalue weighted by atomic mass is 16.5. The highest BCUT2D eigenvalue weighted by Crippen LogP contribution is 2.68. The summed E-state index contributed by atoms with van der Waals surface area (Å²) in [4.78, 5) is 12.0. The smallest absolute Gasteiger partial charge is 0.308 e. The summed E-state index contributed by atoms with van der Waals surface area (Å²) in [5.41, 5.74) is 1.15. The molecule has 0 amide bonds. The van der Waals surface area contributed by atoms with E-state index in [0.29, 0.717) is 16.7 Å². The zero-order chi connectivity index (χ0) is 20.1. The predicted molar refractivity (Wildman–Crippen MR) is 115 cm³/mol. The van der Waals surface area contributed by atoms with E-state index in [1.807, 2.05) is 0 Å². The van der Waals surface area contributed by atoms with E-state index in [1.54, 1.807) is 0 Å². The lowest BCUT2D eigenvalue weighted by Gasteiger charge is -2.61. The molecule has 4 rings (SSSR count). The molecule has 0 spiro atoms. The molecule has 4 aliphatic rings. The minimum Gasteiger partial charge on any atom is -0.469 e. The maximum absolute atomic E-state index is 12.0. The first-order valence-corrected chi connectivity index (χ1v) is 12.4. The van der Waals surface area contributed by atoms with E-state index >= 15 is 0 Å². The van der Waals surface area contributed by atoms with Gasteiger partial charge in [0.05, 0.1) is 13.0 Å². The quantitative estimate of drug-likeness (QED) is 0.491. The van der Waals surface area contributed by atoms with Gasteiger partial charge in [-0.25, -0.2) is 0 Å². The van der Waals surface area contributed by atoms with E-state index in [4.69, 9.17) is 4.74 Å². The zero-order valence-electron chi connectivity index (χ0n) is 19.1. The molecular weight excluding hydrogens is 344 g/mol. The van der Waals surface area contributed by atoms with Gasteiger partial charge in [-0.05, 0) is 104 Å². The highest BCUT2D eigenvalue weighted by molar-refractivity contribution is 5.71. The van der Waals surface area contributed by atoms with Crippen LogP contribution >= 0.6 is 0 Å². The van der Waals surface area contributed by atoms with Gasteiger partial charge in [0, 0.05) is 0 Å². The lowest BCUT2D eigenvalue weighted by molar-refractivity contribution is -0.146. The van der Waals surface area contributed by atoms with Crippen LogP contribution in [0.25, 0.3) is 0 Å². The van der Waals surface area contributed by atoms with Gasteiger partial charge in [-0.2, -0.15) is 0 Å². The van der Waals surface area contributed by atoms with Crippen LogP contribution in [0.3, 0.4) is 0 Å². The maximum Gasteiger partial charge on any atom is 0.308 e. The monoisotopic (exact) mass is 388 g/mol. The molecule has 9 atom stereocenters. The lowest BCUT2D eigenvalue weighted by Crippen LogP contribution is -2.53. The van der Waals surface area contributed by atoms with Crippen molar-refractivity contribution in [2.24, 2.45) is 52.3 Å². The van der Waals surface area contributed by atoms with Crippen LogP contribution in [0.1, 0.15) is 98.3 Å². The third kappa shape index (κ3) is 3.16. The number of fused-ring (bicyclic) bond motifs is 5. The second kappa shape index (κ2) is 7.62. The molecule has 28 heavy (non-hydrogen) atoms. The third-order valence-corrected chi connectivity index (χ3v) is 10.7. The van der Waals surface area contributed by atoms with Crippen LogP contribution in [0.2, 0.25) is 0 Å². The minimum atomic E-state index is -0.0289. The number of carbonyl (C=O) groups excluding carboxylic acids is 1. The van der Waals surface area contributed by atoms with Gasteiger partial charge in [0.15, 0.2) is 0 Å². The average Bonchev–Trinajstić information content (AvgIpc) is 3.04. The fraction of sp³-hybridized carbons (Fsp3) is 0.962. The lowest BCUT2D eigenvalue weighted by atomic mass is 9.44.